The second kappa shape index (κ2) is 10.3. The highest BCUT2D eigenvalue weighted by atomic mass is 16.5. The number of aliphatic imine (C=N–C) groups is 1. The lowest BCUT2D eigenvalue weighted by molar-refractivity contribution is 0.125. The van der Waals surface area contributed by atoms with Gasteiger partial charge in [-0.15, -0.1) is 0 Å². The monoisotopic (exact) mass is 378 g/mol. The third-order valence-corrected chi connectivity index (χ3v) is 4.16. The van der Waals surface area contributed by atoms with Crippen molar-refractivity contribution in [3.05, 3.63) is 77.7 Å². The maximum atomic E-state index is 5.67. The van der Waals surface area contributed by atoms with Gasteiger partial charge in [0.15, 0.2) is 5.96 Å². The van der Waals surface area contributed by atoms with Crippen LogP contribution < -0.4 is 10.6 Å². The van der Waals surface area contributed by atoms with E-state index in [9.17, 15) is 0 Å². The first kappa shape index (κ1) is 19.6. The van der Waals surface area contributed by atoms with E-state index in [0.29, 0.717) is 38.2 Å². The number of aryl methyl sites for hydroxylation is 1. The molecule has 0 saturated carbocycles. The molecule has 0 aliphatic rings. The van der Waals surface area contributed by atoms with Gasteiger partial charge in [0.25, 0.3) is 0 Å². The minimum Gasteiger partial charge on any atom is -0.444 e. The van der Waals surface area contributed by atoms with Gasteiger partial charge in [0.05, 0.1) is 25.5 Å². The topological polar surface area (TPSA) is 71.7 Å². The van der Waals surface area contributed by atoms with Gasteiger partial charge < -0.3 is 19.8 Å². The van der Waals surface area contributed by atoms with Crippen LogP contribution >= 0.6 is 0 Å². The van der Waals surface area contributed by atoms with Gasteiger partial charge in [0.1, 0.15) is 6.26 Å². The number of guanidine groups is 1. The largest absolute Gasteiger partial charge is 0.444 e. The van der Waals surface area contributed by atoms with Gasteiger partial charge >= 0.3 is 0 Å². The number of hydrogen-bond donors (Lipinski definition) is 2. The molecule has 6 heteroatoms. The number of rotatable bonds is 8. The normalized spacial score (nSPS) is 11.4. The van der Waals surface area contributed by atoms with Gasteiger partial charge in [-0.1, -0.05) is 48.0 Å². The Morgan fingerprint density at radius 3 is 2.61 bits per heavy atom. The molecule has 3 aromatic rings. The van der Waals surface area contributed by atoms with Crippen LogP contribution in [0.5, 0.6) is 0 Å². The van der Waals surface area contributed by atoms with Crippen LogP contribution in [0.4, 0.5) is 0 Å². The summed E-state index contributed by atoms with van der Waals surface area (Å²) in [6.07, 6.45) is 1.67. The molecule has 1 heterocycles. The number of hydrogen-bond acceptors (Lipinski definition) is 4. The van der Waals surface area contributed by atoms with Crippen molar-refractivity contribution in [2.24, 2.45) is 4.99 Å². The zero-order chi connectivity index (χ0) is 19.6. The summed E-state index contributed by atoms with van der Waals surface area (Å²) in [6.45, 7) is 4.45. The van der Waals surface area contributed by atoms with Crippen LogP contribution in [0.2, 0.25) is 0 Å². The quantitative estimate of drug-likeness (QED) is 0.356. The minimum absolute atomic E-state index is 0.528. The molecular weight excluding hydrogens is 352 g/mol. The van der Waals surface area contributed by atoms with Crippen molar-refractivity contribution in [3.8, 4) is 11.5 Å². The van der Waals surface area contributed by atoms with E-state index in [1.807, 2.05) is 42.5 Å². The fourth-order valence-corrected chi connectivity index (χ4v) is 2.62. The molecular formula is C22H26N4O2. The molecule has 0 aliphatic heterocycles. The van der Waals surface area contributed by atoms with Gasteiger partial charge in [0, 0.05) is 19.2 Å². The minimum atomic E-state index is 0.528. The van der Waals surface area contributed by atoms with Gasteiger partial charge in [-0.05, 0) is 24.6 Å². The van der Waals surface area contributed by atoms with Crippen molar-refractivity contribution in [2.75, 3.05) is 20.2 Å². The highest BCUT2D eigenvalue weighted by molar-refractivity contribution is 5.79. The Bertz CT molecular complexity index is 873. The molecule has 0 spiro atoms. The maximum absolute atomic E-state index is 5.67. The molecule has 1 aromatic heterocycles. The van der Waals surface area contributed by atoms with Crippen LogP contribution in [0, 0.1) is 6.92 Å². The molecule has 2 aromatic carbocycles. The SMILES string of the molecule is CN=C(NCCOCc1ccccc1)NCc1coc(-c2ccc(C)cc2)n1. The summed E-state index contributed by atoms with van der Waals surface area (Å²) >= 11 is 0. The number of nitrogens with zero attached hydrogens (tertiary/aromatic N) is 2. The third kappa shape index (κ3) is 5.96. The molecule has 0 radical (unpaired) electrons. The highest BCUT2D eigenvalue weighted by Gasteiger charge is 2.07. The summed E-state index contributed by atoms with van der Waals surface area (Å²) < 4.78 is 11.2. The molecule has 0 saturated heterocycles. The average Bonchev–Trinajstić information content (AvgIpc) is 3.20. The first-order valence-corrected chi connectivity index (χ1v) is 9.32. The predicted octanol–water partition coefficient (Wildman–Crippen LogP) is 3.53. The Hall–Kier alpha value is -3.12. The Balaban J connectivity index is 1.39. The van der Waals surface area contributed by atoms with Gasteiger partial charge in [-0.3, -0.25) is 4.99 Å². The van der Waals surface area contributed by atoms with E-state index in [1.54, 1.807) is 13.3 Å². The second-order valence-corrected chi connectivity index (χ2v) is 6.40. The molecule has 0 bridgehead atoms. The number of nitrogens with one attached hydrogen (secondary N) is 2. The van der Waals surface area contributed by atoms with Crippen molar-refractivity contribution in [1.29, 1.82) is 0 Å². The first-order valence-electron chi connectivity index (χ1n) is 9.32. The highest BCUT2D eigenvalue weighted by Crippen LogP contribution is 2.18. The predicted molar refractivity (Wildman–Crippen MR) is 111 cm³/mol. The Labute approximate surface area is 165 Å². The summed E-state index contributed by atoms with van der Waals surface area (Å²) in [6, 6.07) is 18.2. The molecule has 0 unspecified atom stereocenters. The Kier molecular flexibility index (Phi) is 7.21. The standard InChI is InChI=1S/C22H26N4O2/c1-17-8-10-19(11-9-17)21-26-20(16-28-21)14-25-22(23-2)24-12-13-27-15-18-6-4-3-5-7-18/h3-11,16H,12-15H2,1-2H3,(H2,23,24,25). The van der Waals surface area contributed by atoms with Crippen LogP contribution in [0.15, 0.2) is 70.3 Å². The molecule has 0 amide bonds. The lowest BCUT2D eigenvalue weighted by Crippen LogP contribution is -2.38. The molecule has 2 N–H and O–H groups in total. The Morgan fingerprint density at radius 2 is 1.86 bits per heavy atom. The first-order chi connectivity index (χ1) is 13.7. The summed E-state index contributed by atoms with van der Waals surface area (Å²) in [5.74, 6) is 1.32. The molecule has 3 rings (SSSR count). The molecule has 0 atom stereocenters. The lowest BCUT2D eigenvalue weighted by atomic mass is 10.1. The van der Waals surface area contributed by atoms with E-state index in [1.165, 1.54) is 11.1 Å². The van der Waals surface area contributed by atoms with E-state index in [-0.39, 0.29) is 0 Å². The fourth-order valence-electron chi connectivity index (χ4n) is 2.62. The fraction of sp³-hybridized carbons (Fsp3) is 0.273. The van der Waals surface area contributed by atoms with Crippen molar-refractivity contribution >= 4 is 5.96 Å². The zero-order valence-electron chi connectivity index (χ0n) is 16.3. The van der Waals surface area contributed by atoms with E-state index in [4.69, 9.17) is 9.15 Å². The van der Waals surface area contributed by atoms with Gasteiger partial charge in [-0.25, -0.2) is 4.98 Å². The van der Waals surface area contributed by atoms with Crippen LogP contribution in [0.1, 0.15) is 16.8 Å². The number of aromatic nitrogens is 1. The molecule has 0 fully saturated rings. The number of oxazole rings is 1. The second-order valence-electron chi connectivity index (χ2n) is 6.40. The Morgan fingerprint density at radius 1 is 1.07 bits per heavy atom. The van der Waals surface area contributed by atoms with Crippen molar-refractivity contribution in [3.63, 3.8) is 0 Å². The number of benzene rings is 2. The van der Waals surface area contributed by atoms with Gasteiger partial charge in [0.2, 0.25) is 5.89 Å². The van der Waals surface area contributed by atoms with Crippen LogP contribution in [0.25, 0.3) is 11.5 Å². The van der Waals surface area contributed by atoms with Crippen LogP contribution in [0.3, 0.4) is 0 Å². The number of ether oxygens (including phenoxy) is 1. The summed E-state index contributed by atoms with van der Waals surface area (Å²) in [4.78, 5) is 8.74. The summed E-state index contributed by atoms with van der Waals surface area (Å²) in [5, 5.41) is 6.46. The van der Waals surface area contributed by atoms with E-state index >= 15 is 0 Å². The summed E-state index contributed by atoms with van der Waals surface area (Å²) in [5.41, 5.74) is 4.16. The lowest BCUT2D eigenvalue weighted by Gasteiger charge is -2.11. The smallest absolute Gasteiger partial charge is 0.226 e. The average molecular weight is 378 g/mol. The van der Waals surface area contributed by atoms with Crippen LogP contribution in [-0.2, 0) is 17.9 Å². The van der Waals surface area contributed by atoms with Crippen molar-refractivity contribution in [1.82, 2.24) is 15.6 Å². The molecule has 6 nitrogen and oxygen atoms in total. The van der Waals surface area contributed by atoms with E-state index in [2.05, 4.69) is 39.7 Å². The maximum Gasteiger partial charge on any atom is 0.226 e. The van der Waals surface area contributed by atoms with Crippen molar-refractivity contribution < 1.29 is 9.15 Å². The van der Waals surface area contributed by atoms with Crippen molar-refractivity contribution in [2.45, 2.75) is 20.1 Å². The van der Waals surface area contributed by atoms with E-state index < -0.39 is 0 Å². The van der Waals surface area contributed by atoms with Crippen LogP contribution in [-0.4, -0.2) is 31.1 Å². The molecule has 28 heavy (non-hydrogen) atoms. The van der Waals surface area contributed by atoms with Gasteiger partial charge in [-0.2, -0.15) is 0 Å². The van der Waals surface area contributed by atoms with E-state index in [0.717, 1.165) is 11.3 Å². The molecule has 0 aliphatic carbocycles. The summed E-state index contributed by atoms with van der Waals surface area (Å²) in [7, 11) is 1.74. The zero-order valence-corrected chi connectivity index (χ0v) is 16.3. The third-order valence-electron chi connectivity index (χ3n) is 4.16. The molecule has 146 valence electrons.